The van der Waals surface area contributed by atoms with E-state index in [2.05, 4.69) is 9.46 Å². The highest BCUT2D eigenvalue weighted by molar-refractivity contribution is 7.92. The zero-order chi connectivity index (χ0) is 18.5. The summed E-state index contributed by atoms with van der Waals surface area (Å²) in [6.07, 6.45) is 2.02. The maximum absolute atomic E-state index is 12.7. The first kappa shape index (κ1) is 17.9. The summed E-state index contributed by atoms with van der Waals surface area (Å²) in [7, 11) is -2.41. The van der Waals surface area contributed by atoms with Crippen LogP contribution in [0.3, 0.4) is 0 Å². The summed E-state index contributed by atoms with van der Waals surface area (Å²) in [5.74, 6) is -0.334. The predicted molar refractivity (Wildman–Crippen MR) is 93.8 cm³/mol. The molecule has 7 heteroatoms. The monoisotopic (exact) mass is 365 g/mol. The van der Waals surface area contributed by atoms with E-state index in [1.807, 2.05) is 13.8 Å². The van der Waals surface area contributed by atoms with Crippen molar-refractivity contribution in [3.63, 3.8) is 0 Å². The number of fused-ring (bicyclic) bond motifs is 2. The highest BCUT2D eigenvalue weighted by atomic mass is 32.2. The maximum Gasteiger partial charge on any atom is 0.337 e. The molecule has 0 spiro atoms. The Labute approximate surface area is 148 Å². The molecule has 136 valence electrons. The fourth-order valence-electron chi connectivity index (χ4n) is 4.44. The van der Waals surface area contributed by atoms with Crippen molar-refractivity contribution < 1.29 is 22.7 Å². The van der Waals surface area contributed by atoms with Gasteiger partial charge in [-0.15, -0.1) is 0 Å². The van der Waals surface area contributed by atoms with Crippen molar-refractivity contribution in [2.24, 2.45) is 16.7 Å². The number of nitrogens with one attached hydrogen (secondary N) is 1. The number of sulfonamides is 1. The van der Waals surface area contributed by atoms with Crippen LogP contribution in [0, 0.1) is 16.7 Å². The molecule has 0 amide bonds. The molecule has 6 nitrogen and oxygen atoms in total. The van der Waals surface area contributed by atoms with Crippen LogP contribution in [0.1, 0.15) is 43.5 Å². The van der Waals surface area contributed by atoms with Gasteiger partial charge in [0.1, 0.15) is 5.78 Å². The molecule has 1 aromatic carbocycles. The SMILES string of the molecule is COC(=O)c1ccc(NS(=O)(=O)CC23CCC(CC2=O)C3(C)C)cc1. The van der Waals surface area contributed by atoms with E-state index in [0.717, 1.165) is 6.42 Å². The summed E-state index contributed by atoms with van der Waals surface area (Å²) in [6, 6.07) is 6.03. The molecule has 2 saturated carbocycles. The molecule has 2 bridgehead atoms. The number of benzene rings is 1. The molecule has 0 saturated heterocycles. The topological polar surface area (TPSA) is 89.5 Å². The van der Waals surface area contributed by atoms with E-state index < -0.39 is 21.4 Å². The summed E-state index contributed by atoms with van der Waals surface area (Å²) in [5.41, 5.74) is -0.389. The van der Waals surface area contributed by atoms with Crippen LogP contribution in [0.15, 0.2) is 24.3 Å². The first-order valence-corrected chi connectivity index (χ1v) is 9.99. The number of hydrogen-bond donors (Lipinski definition) is 1. The lowest BCUT2D eigenvalue weighted by molar-refractivity contribution is -0.128. The van der Waals surface area contributed by atoms with Crippen molar-refractivity contribution in [2.45, 2.75) is 33.1 Å². The number of anilines is 1. The molecule has 2 atom stereocenters. The Bertz CT molecular complexity index is 812. The Morgan fingerprint density at radius 3 is 2.40 bits per heavy atom. The van der Waals surface area contributed by atoms with Crippen LogP contribution in [0.25, 0.3) is 0 Å². The van der Waals surface area contributed by atoms with Crippen LogP contribution in [0.4, 0.5) is 5.69 Å². The highest BCUT2D eigenvalue weighted by Gasteiger charge is 2.65. The summed E-state index contributed by atoms with van der Waals surface area (Å²) >= 11 is 0. The third-order valence-electron chi connectivity index (χ3n) is 6.15. The number of ether oxygens (including phenoxy) is 1. The Morgan fingerprint density at radius 2 is 1.92 bits per heavy atom. The van der Waals surface area contributed by atoms with E-state index in [9.17, 15) is 18.0 Å². The molecule has 2 unspecified atom stereocenters. The van der Waals surface area contributed by atoms with Gasteiger partial charge in [-0.05, 0) is 48.4 Å². The van der Waals surface area contributed by atoms with Gasteiger partial charge in [0.05, 0.1) is 23.8 Å². The van der Waals surface area contributed by atoms with E-state index >= 15 is 0 Å². The summed E-state index contributed by atoms with van der Waals surface area (Å²) in [5, 5.41) is 0. The normalized spacial score (nSPS) is 27.3. The lowest BCUT2D eigenvalue weighted by Crippen LogP contribution is -2.43. The Kier molecular flexibility index (Phi) is 4.18. The van der Waals surface area contributed by atoms with Gasteiger partial charge in [-0.1, -0.05) is 13.8 Å². The summed E-state index contributed by atoms with van der Waals surface area (Å²) < 4.78 is 32.5. The molecule has 0 aliphatic heterocycles. The molecular formula is C18H23NO5S. The van der Waals surface area contributed by atoms with Gasteiger partial charge >= 0.3 is 5.97 Å². The number of carbonyl (C=O) groups is 2. The van der Waals surface area contributed by atoms with E-state index in [1.54, 1.807) is 0 Å². The molecular weight excluding hydrogens is 342 g/mol. The van der Waals surface area contributed by atoms with Gasteiger partial charge in [0, 0.05) is 12.1 Å². The number of hydrogen-bond acceptors (Lipinski definition) is 5. The smallest absolute Gasteiger partial charge is 0.337 e. The van der Waals surface area contributed by atoms with E-state index in [4.69, 9.17) is 0 Å². The molecule has 0 aromatic heterocycles. The number of ketones is 1. The molecule has 0 heterocycles. The van der Waals surface area contributed by atoms with E-state index in [1.165, 1.54) is 31.4 Å². The first-order chi connectivity index (χ1) is 11.6. The summed E-state index contributed by atoms with van der Waals surface area (Å²) in [4.78, 5) is 23.9. The van der Waals surface area contributed by atoms with Gasteiger partial charge in [0.25, 0.3) is 0 Å². The van der Waals surface area contributed by atoms with Crippen molar-refractivity contribution in [1.29, 1.82) is 0 Å². The van der Waals surface area contributed by atoms with E-state index in [0.29, 0.717) is 24.1 Å². The Balaban J connectivity index is 1.79. The molecule has 25 heavy (non-hydrogen) atoms. The minimum Gasteiger partial charge on any atom is -0.465 e. The minimum absolute atomic E-state index is 0.0696. The van der Waals surface area contributed by atoms with Crippen LogP contribution in [0.5, 0.6) is 0 Å². The number of Topliss-reactive ketones (excluding diaryl/α,β-unsaturated/α-hetero) is 1. The molecule has 2 aliphatic rings. The molecule has 2 fully saturated rings. The van der Waals surface area contributed by atoms with Gasteiger partial charge in [0.15, 0.2) is 0 Å². The van der Waals surface area contributed by atoms with Crippen LogP contribution in [0.2, 0.25) is 0 Å². The second-order valence-electron chi connectivity index (χ2n) is 7.60. The molecule has 0 radical (unpaired) electrons. The van der Waals surface area contributed by atoms with Crippen molar-refractivity contribution in [3.8, 4) is 0 Å². The van der Waals surface area contributed by atoms with Crippen LogP contribution >= 0.6 is 0 Å². The van der Waals surface area contributed by atoms with Gasteiger partial charge in [-0.3, -0.25) is 9.52 Å². The van der Waals surface area contributed by atoms with Crippen molar-refractivity contribution in [3.05, 3.63) is 29.8 Å². The number of rotatable bonds is 5. The largest absolute Gasteiger partial charge is 0.465 e. The minimum atomic E-state index is -3.69. The second kappa shape index (κ2) is 5.83. The average Bonchev–Trinajstić information content (AvgIpc) is 2.88. The molecule has 1 N–H and O–H groups in total. The zero-order valence-electron chi connectivity index (χ0n) is 14.7. The number of carbonyl (C=O) groups excluding carboxylic acids is 2. The molecule has 2 aliphatic carbocycles. The van der Waals surface area contributed by atoms with E-state index in [-0.39, 0.29) is 22.9 Å². The van der Waals surface area contributed by atoms with Crippen molar-refractivity contribution in [1.82, 2.24) is 0 Å². The van der Waals surface area contributed by atoms with Crippen molar-refractivity contribution in [2.75, 3.05) is 17.6 Å². The van der Waals surface area contributed by atoms with Crippen LogP contribution < -0.4 is 4.72 Å². The fourth-order valence-corrected chi connectivity index (χ4v) is 6.33. The Morgan fingerprint density at radius 1 is 1.28 bits per heavy atom. The molecule has 3 rings (SSSR count). The lowest BCUT2D eigenvalue weighted by atomic mass is 9.70. The fraction of sp³-hybridized carbons (Fsp3) is 0.556. The third kappa shape index (κ3) is 2.84. The lowest BCUT2D eigenvalue weighted by Gasteiger charge is -2.36. The predicted octanol–water partition coefficient (Wildman–Crippen LogP) is 2.61. The maximum atomic E-state index is 12.7. The first-order valence-electron chi connectivity index (χ1n) is 8.33. The van der Waals surface area contributed by atoms with Gasteiger partial charge in [-0.25, -0.2) is 13.2 Å². The van der Waals surface area contributed by atoms with Crippen LogP contribution in [-0.4, -0.2) is 33.0 Å². The average molecular weight is 365 g/mol. The highest BCUT2D eigenvalue weighted by Crippen LogP contribution is 2.64. The van der Waals surface area contributed by atoms with Crippen molar-refractivity contribution >= 4 is 27.5 Å². The number of esters is 1. The zero-order valence-corrected chi connectivity index (χ0v) is 15.5. The molecule has 1 aromatic rings. The summed E-state index contributed by atoms with van der Waals surface area (Å²) in [6.45, 7) is 4.02. The van der Waals surface area contributed by atoms with Crippen LogP contribution in [-0.2, 0) is 19.6 Å². The van der Waals surface area contributed by atoms with Gasteiger partial charge in [0.2, 0.25) is 10.0 Å². The quantitative estimate of drug-likeness (QED) is 0.810. The number of methoxy groups -OCH3 is 1. The van der Waals surface area contributed by atoms with Gasteiger partial charge < -0.3 is 4.74 Å². The Hall–Kier alpha value is -1.89. The van der Waals surface area contributed by atoms with Gasteiger partial charge in [-0.2, -0.15) is 0 Å². The standard InChI is InChI=1S/C18H23NO5S/c1-17(2)13-8-9-18(17,15(20)10-13)11-25(22,23)19-14-6-4-12(5-7-14)16(21)24-3/h4-7,13,19H,8-11H2,1-3H3. The second-order valence-corrected chi connectivity index (χ2v) is 9.32. The third-order valence-corrected chi connectivity index (χ3v) is 7.57.